The number of ketones is 1. The zero-order valence-electron chi connectivity index (χ0n) is 15.3. The second-order valence-corrected chi connectivity index (χ2v) is 6.42. The van der Waals surface area contributed by atoms with Crippen molar-refractivity contribution in [2.45, 2.75) is 13.3 Å². The Morgan fingerprint density at radius 3 is 2.25 bits per heavy atom. The molecule has 3 aromatic rings. The fraction of sp³-hybridized carbons (Fsp3) is 0.0870. The second-order valence-electron chi connectivity index (χ2n) is 6.42. The Labute approximate surface area is 162 Å². The molecule has 0 fully saturated rings. The lowest BCUT2D eigenvalue weighted by Gasteiger charge is -2.10. The van der Waals surface area contributed by atoms with Gasteiger partial charge in [0.2, 0.25) is 0 Å². The van der Waals surface area contributed by atoms with Gasteiger partial charge in [-0.15, -0.1) is 0 Å². The van der Waals surface area contributed by atoms with Crippen molar-refractivity contribution in [2.24, 2.45) is 0 Å². The minimum Gasteiger partial charge on any atom is -0.478 e. The number of para-hydroxylation sites is 1. The molecule has 0 saturated heterocycles. The zero-order valence-corrected chi connectivity index (χ0v) is 15.3. The number of aromatic carboxylic acids is 1. The van der Waals surface area contributed by atoms with Crippen molar-refractivity contribution in [2.75, 3.05) is 5.32 Å². The number of hydrogen-bond acceptors (Lipinski definition) is 3. The standard InChI is InChI=1S/C23H19NO4/c1-15-7-2-3-10-18(15)21(25)14-16-8-6-9-17(13-16)22(26)24-20-12-5-4-11-19(20)23(27)28/h2-13H,14H2,1H3,(H,24,26)(H,27,28). The lowest BCUT2D eigenvalue weighted by Crippen LogP contribution is -2.15. The molecule has 0 saturated carbocycles. The Morgan fingerprint density at radius 1 is 0.857 bits per heavy atom. The summed E-state index contributed by atoms with van der Waals surface area (Å²) in [7, 11) is 0. The predicted molar refractivity (Wildman–Crippen MR) is 107 cm³/mol. The van der Waals surface area contributed by atoms with Gasteiger partial charge in [-0.25, -0.2) is 4.79 Å². The molecule has 5 nitrogen and oxygen atoms in total. The molecule has 28 heavy (non-hydrogen) atoms. The summed E-state index contributed by atoms with van der Waals surface area (Å²) in [5, 5.41) is 11.9. The van der Waals surface area contributed by atoms with Gasteiger partial charge in [-0.2, -0.15) is 0 Å². The number of Topliss-reactive ketones (excluding diaryl/α,β-unsaturated/α-hetero) is 1. The predicted octanol–water partition coefficient (Wildman–Crippen LogP) is 4.37. The summed E-state index contributed by atoms with van der Waals surface area (Å²) in [4.78, 5) is 36.4. The number of anilines is 1. The Balaban J connectivity index is 1.78. The number of nitrogens with one attached hydrogen (secondary N) is 1. The van der Waals surface area contributed by atoms with Crippen LogP contribution in [0.3, 0.4) is 0 Å². The summed E-state index contributed by atoms with van der Waals surface area (Å²) < 4.78 is 0. The van der Waals surface area contributed by atoms with Gasteiger partial charge >= 0.3 is 5.97 Å². The van der Waals surface area contributed by atoms with Crippen LogP contribution in [0.25, 0.3) is 0 Å². The zero-order chi connectivity index (χ0) is 20.1. The highest BCUT2D eigenvalue weighted by atomic mass is 16.4. The van der Waals surface area contributed by atoms with Crippen LogP contribution in [0.5, 0.6) is 0 Å². The quantitative estimate of drug-likeness (QED) is 0.629. The van der Waals surface area contributed by atoms with Gasteiger partial charge in [0.15, 0.2) is 5.78 Å². The molecule has 3 aromatic carbocycles. The van der Waals surface area contributed by atoms with Crippen molar-refractivity contribution in [3.8, 4) is 0 Å². The van der Waals surface area contributed by atoms with Gasteiger partial charge in [-0.3, -0.25) is 9.59 Å². The topological polar surface area (TPSA) is 83.5 Å². The number of carboxylic acid groups (broad SMARTS) is 1. The molecule has 1 amide bonds. The highest BCUT2D eigenvalue weighted by Gasteiger charge is 2.14. The van der Waals surface area contributed by atoms with Gasteiger partial charge in [0.25, 0.3) is 5.91 Å². The number of carbonyl (C=O) groups is 3. The van der Waals surface area contributed by atoms with Gasteiger partial charge in [-0.1, -0.05) is 48.5 Å². The van der Waals surface area contributed by atoms with Crippen molar-refractivity contribution >= 4 is 23.3 Å². The number of carbonyl (C=O) groups excluding carboxylic acids is 2. The van der Waals surface area contributed by atoms with E-state index in [1.807, 2.05) is 25.1 Å². The molecule has 0 aliphatic rings. The van der Waals surface area contributed by atoms with Crippen LogP contribution in [0.2, 0.25) is 0 Å². The number of amides is 1. The van der Waals surface area contributed by atoms with Gasteiger partial charge < -0.3 is 10.4 Å². The lowest BCUT2D eigenvalue weighted by molar-refractivity contribution is 0.0697. The molecule has 5 heteroatoms. The monoisotopic (exact) mass is 373 g/mol. The molecule has 2 N–H and O–H groups in total. The number of aryl methyl sites for hydroxylation is 1. The maximum atomic E-state index is 12.6. The van der Waals surface area contributed by atoms with Crippen molar-refractivity contribution < 1.29 is 19.5 Å². The molecule has 0 unspecified atom stereocenters. The smallest absolute Gasteiger partial charge is 0.337 e. The minimum atomic E-state index is -1.12. The van der Waals surface area contributed by atoms with Crippen LogP contribution in [-0.2, 0) is 6.42 Å². The Kier molecular flexibility index (Phi) is 5.65. The van der Waals surface area contributed by atoms with Crippen LogP contribution in [0.4, 0.5) is 5.69 Å². The first-order valence-corrected chi connectivity index (χ1v) is 8.77. The molecule has 0 radical (unpaired) electrons. The van der Waals surface area contributed by atoms with Crippen molar-refractivity contribution in [3.63, 3.8) is 0 Å². The second kappa shape index (κ2) is 8.31. The molecule has 0 spiro atoms. The normalized spacial score (nSPS) is 10.3. The molecular weight excluding hydrogens is 354 g/mol. The van der Waals surface area contributed by atoms with Gasteiger partial charge in [0.05, 0.1) is 11.3 Å². The third kappa shape index (κ3) is 4.32. The van der Waals surface area contributed by atoms with Crippen LogP contribution in [0.1, 0.15) is 42.2 Å². The van der Waals surface area contributed by atoms with E-state index in [1.165, 1.54) is 12.1 Å². The van der Waals surface area contributed by atoms with E-state index in [1.54, 1.807) is 42.5 Å². The number of rotatable bonds is 6. The summed E-state index contributed by atoms with van der Waals surface area (Å²) in [6.07, 6.45) is 0.178. The average Bonchev–Trinajstić information content (AvgIpc) is 2.68. The van der Waals surface area contributed by atoms with Gasteiger partial charge in [-0.05, 0) is 42.3 Å². The molecule has 0 atom stereocenters. The first-order chi connectivity index (χ1) is 13.5. The van der Waals surface area contributed by atoms with E-state index >= 15 is 0 Å². The van der Waals surface area contributed by atoms with Crippen LogP contribution in [-0.4, -0.2) is 22.8 Å². The fourth-order valence-electron chi connectivity index (χ4n) is 2.96. The maximum absolute atomic E-state index is 12.6. The largest absolute Gasteiger partial charge is 0.478 e. The summed E-state index contributed by atoms with van der Waals surface area (Å²) in [6.45, 7) is 1.89. The maximum Gasteiger partial charge on any atom is 0.337 e. The Hall–Kier alpha value is -3.73. The third-order valence-corrected chi connectivity index (χ3v) is 4.40. The molecule has 0 aromatic heterocycles. The molecular formula is C23H19NO4. The van der Waals surface area contributed by atoms with Crippen LogP contribution in [0, 0.1) is 6.92 Å². The van der Waals surface area contributed by atoms with Crippen molar-refractivity contribution in [1.29, 1.82) is 0 Å². The molecule has 3 rings (SSSR count). The van der Waals surface area contributed by atoms with Gasteiger partial charge in [0, 0.05) is 17.5 Å². The van der Waals surface area contributed by atoms with Crippen LogP contribution < -0.4 is 5.32 Å². The summed E-state index contributed by atoms with van der Waals surface area (Å²) in [5.41, 5.74) is 2.88. The minimum absolute atomic E-state index is 0.0155. The van der Waals surface area contributed by atoms with Crippen molar-refractivity contribution in [1.82, 2.24) is 0 Å². The van der Waals surface area contributed by atoms with Crippen LogP contribution in [0.15, 0.2) is 72.8 Å². The van der Waals surface area contributed by atoms with Crippen LogP contribution >= 0.6 is 0 Å². The first-order valence-electron chi connectivity index (χ1n) is 8.77. The molecule has 140 valence electrons. The SMILES string of the molecule is Cc1ccccc1C(=O)Cc1cccc(C(=O)Nc2ccccc2C(=O)O)c1. The highest BCUT2D eigenvalue weighted by Crippen LogP contribution is 2.18. The number of carboxylic acids is 1. The lowest BCUT2D eigenvalue weighted by atomic mass is 9.98. The fourth-order valence-corrected chi connectivity index (χ4v) is 2.96. The van der Waals surface area contributed by atoms with E-state index in [9.17, 15) is 19.5 Å². The van der Waals surface area contributed by atoms with E-state index in [0.717, 1.165) is 5.56 Å². The Morgan fingerprint density at radius 2 is 1.54 bits per heavy atom. The number of hydrogen-bond donors (Lipinski definition) is 2. The summed E-state index contributed by atoms with van der Waals surface area (Å²) in [5.74, 6) is -1.57. The van der Waals surface area contributed by atoms with E-state index in [2.05, 4.69) is 5.32 Å². The third-order valence-electron chi connectivity index (χ3n) is 4.40. The van der Waals surface area contributed by atoms with Gasteiger partial charge in [0.1, 0.15) is 0 Å². The average molecular weight is 373 g/mol. The number of benzene rings is 3. The highest BCUT2D eigenvalue weighted by molar-refractivity contribution is 6.08. The van der Waals surface area contributed by atoms with E-state index < -0.39 is 11.9 Å². The van der Waals surface area contributed by atoms with E-state index in [4.69, 9.17) is 0 Å². The van der Waals surface area contributed by atoms with Crippen molar-refractivity contribution in [3.05, 3.63) is 101 Å². The summed E-state index contributed by atoms with van der Waals surface area (Å²) in [6, 6.07) is 20.4. The molecule has 0 aliphatic carbocycles. The van der Waals surface area contributed by atoms with E-state index in [-0.39, 0.29) is 23.5 Å². The summed E-state index contributed by atoms with van der Waals surface area (Å²) >= 11 is 0. The molecule has 0 aliphatic heterocycles. The Bertz CT molecular complexity index is 1060. The molecule has 0 bridgehead atoms. The first kappa shape index (κ1) is 19.0. The van der Waals surface area contributed by atoms with E-state index in [0.29, 0.717) is 16.7 Å². The molecule has 0 heterocycles.